The number of nitrogens with zero attached hydrogens (tertiary/aromatic N) is 2. The normalized spacial score (nSPS) is 27.5. The number of alkyl halides is 2. The van der Waals surface area contributed by atoms with Gasteiger partial charge >= 0.3 is 0 Å². The van der Waals surface area contributed by atoms with Crippen LogP contribution in [0.1, 0.15) is 40.2 Å². The molecule has 1 saturated carbocycles. The summed E-state index contributed by atoms with van der Waals surface area (Å²) in [5.41, 5.74) is -0.598. The molecule has 54 heavy (non-hydrogen) atoms. The van der Waals surface area contributed by atoms with Crippen LogP contribution in [0.3, 0.4) is 0 Å². The van der Waals surface area contributed by atoms with Gasteiger partial charge in [-0.1, -0.05) is 54.1 Å². The lowest BCUT2D eigenvalue weighted by Crippen LogP contribution is -2.60. The molecular formula is C39H23Cl2F5N2O6. The molecule has 4 aromatic rings. The predicted molar refractivity (Wildman–Crippen MR) is 183 cm³/mol. The maximum Gasteiger partial charge on any atom is 0.258 e. The molecule has 8 nitrogen and oxygen atoms in total. The Morgan fingerprint density at radius 3 is 1.87 bits per heavy atom. The number of fused-ring (bicyclic) bond motifs is 4. The third kappa shape index (κ3) is 4.70. The van der Waals surface area contributed by atoms with Crippen molar-refractivity contribution in [3.8, 4) is 5.75 Å². The van der Waals surface area contributed by atoms with Gasteiger partial charge in [0, 0.05) is 17.0 Å². The summed E-state index contributed by atoms with van der Waals surface area (Å²) in [7, 11) is 0. The van der Waals surface area contributed by atoms with Crippen molar-refractivity contribution in [2.75, 3.05) is 9.80 Å². The Labute approximate surface area is 312 Å². The van der Waals surface area contributed by atoms with E-state index < -0.39 is 98.2 Å². The number of hydrogen-bond donors (Lipinski definition) is 1. The first kappa shape index (κ1) is 35.6. The van der Waals surface area contributed by atoms with Crippen LogP contribution < -0.4 is 9.80 Å². The summed E-state index contributed by atoms with van der Waals surface area (Å²) < 4.78 is 73.4. The number of imide groups is 2. The number of aromatic hydroxyl groups is 1. The molecule has 0 spiro atoms. The number of anilines is 2. The first-order valence-corrected chi connectivity index (χ1v) is 17.2. The molecule has 0 aromatic heterocycles. The van der Waals surface area contributed by atoms with Crippen molar-refractivity contribution >= 4 is 64.0 Å². The SMILES string of the molecule is O=C(c1ccccc1)c1ccc(N2C(=O)C3CC=C4C(CC5(Cl)C(=O)N(c6c(F)c(F)c(F)c(F)c6F)C(=O)C5(Cl)C4c4ccc(O)cc4)C3C2=O)cc1. The van der Waals surface area contributed by atoms with Gasteiger partial charge in [-0.15, -0.1) is 23.2 Å². The number of ketones is 1. The molecular weight excluding hydrogens is 758 g/mol. The lowest BCUT2D eigenvalue weighted by molar-refractivity contribution is -0.125. The molecule has 4 amide bonds. The number of allylic oxidation sites excluding steroid dienone is 2. The molecule has 2 aliphatic carbocycles. The number of phenols is 1. The fraction of sp³-hybridized carbons (Fsp3) is 0.205. The Morgan fingerprint density at radius 1 is 0.685 bits per heavy atom. The van der Waals surface area contributed by atoms with E-state index in [1.165, 1.54) is 48.5 Å². The van der Waals surface area contributed by atoms with Crippen LogP contribution in [0.25, 0.3) is 0 Å². The van der Waals surface area contributed by atoms with Crippen molar-refractivity contribution in [2.24, 2.45) is 17.8 Å². The molecule has 2 saturated heterocycles. The van der Waals surface area contributed by atoms with Gasteiger partial charge in [-0.25, -0.2) is 26.9 Å². The molecule has 6 unspecified atom stereocenters. The van der Waals surface area contributed by atoms with E-state index in [-0.39, 0.29) is 39.7 Å². The Hall–Kier alpha value is -5.40. The minimum Gasteiger partial charge on any atom is -0.508 e. The molecule has 8 rings (SSSR count). The van der Waals surface area contributed by atoms with Gasteiger partial charge in [0.05, 0.1) is 17.5 Å². The average molecular weight is 782 g/mol. The number of amides is 4. The number of phenolic OH excluding ortho intramolecular Hbond substituents is 1. The number of carbonyl (C=O) groups is 5. The lowest BCUT2D eigenvalue weighted by Gasteiger charge is -2.50. The maximum atomic E-state index is 15.2. The first-order chi connectivity index (χ1) is 25.6. The highest BCUT2D eigenvalue weighted by atomic mass is 35.5. The minimum atomic E-state index is -2.68. The van der Waals surface area contributed by atoms with Crippen LogP contribution in [0.5, 0.6) is 5.75 Å². The molecule has 2 heterocycles. The number of rotatable bonds is 5. The van der Waals surface area contributed by atoms with Crippen LogP contribution in [0.4, 0.5) is 33.3 Å². The summed E-state index contributed by atoms with van der Waals surface area (Å²) in [4.78, 5) is 65.3. The zero-order valence-electron chi connectivity index (χ0n) is 27.3. The summed E-state index contributed by atoms with van der Waals surface area (Å²) in [6.45, 7) is 0. The van der Waals surface area contributed by atoms with Crippen molar-refractivity contribution in [3.05, 3.63) is 136 Å². The quantitative estimate of drug-likeness (QED) is 0.0441. The summed E-state index contributed by atoms with van der Waals surface area (Å²) in [6.07, 6.45) is 0.856. The van der Waals surface area contributed by atoms with Crippen molar-refractivity contribution < 1.29 is 51.0 Å². The van der Waals surface area contributed by atoms with E-state index in [1.807, 2.05) is 0 Å². The maximum absolute atomic E-state index is 15.2. The predicted octanol–water partition coefficient (Wildman–Crippen LogP) is 7.09. The van der Waals surface area contributed by atoms with E-state index in [9.17, 15) is 42.3 Å². The van der Waals surface area contributed by atoms with Crippen LogP contribution in [0.2, 0.25) is 0 Å². The fourth-order valence-corrected chi connectivity index (χ4v) is 9.32. The monoisotopic (exact) mass is 780 g/mol. The third-order valence-electron chi connectivity index (χ3n) is 10.9. The summed E-state index contributed by atoms with van der Waals surface area (Å²) in [5, 5.41) is 10.0. The molecule has 15 heteroatoms. The Kier molecular flexibility index (Phi) is 8.13. The second-order valence-corrected chi connectivity index (χ2v) is 14.8. The highest BCUT2D eigenvalue weighted by Crippen LogP contribution is 2.66. The number of halogens is 7. The first-order valence-electron chi connectivity index (χ1n) is 16.5. The topological polar surface area (TPSA) is 112 Å². The van der Waals surface area contributed by atoms with E-state index in [4.69, 9.17) is 23.2 Å². The Morgan fingerprint density at radius 2 is 1.26 bits per heavy atom. The van der Waals surface area contributed by atoms with Gasteiger partial charge in [-0.3, -0.25) is 28.9 Å². The second-order valence-electron chi connectivity index (χ2n) is 13.5. The molecule has 4 aromatic carbocycles. The molecule has 2 aliphatic heterocycles. The van der Waals surface area contributed by atoms with Gasteiger partial charge in [0.15, 0.2) is 38.8 Å². The highest BCUT2D eigenvalue weighted by Gasteiger charge is 2.77. The largest absolute Gasteiger partial charge is 0.508 e. The van der Waals surface area contributed by atoms with Crippen molar-refractivity contribution in [1.29, 1.82) is 0 Å². The molecule has 4 aliphatic rings. The van der Waals surface area contributed by atoms with Gasteiger partial charge in [0.2, 0.25) is 17.6 Å². The van der Waals surface area contributed by atoms with Gasteiger partial charge in [-0.2, -0.15) is 0 Å². The average Bonchev–Trinajstić information content (AvgIpc) is 3.51. The zero-order chi connectivity index (χ0) is 38.6. The third-order valence-corrected chi connectivity index (χ3v) is 12.3. The smallest absolute Gasteiger partial charge is 0.258 e. The lowest BCUT2D eigenvalue weighted by atomic mass is 9.56. The van der Waals surface area contributed by atoms with Gasteiger partial charge in [0.1, 0.15) is 11.4 Å². The summed E-state index contributed by atoms with van der Waals surface area (Å²) in [5.74, 6) is -22.1. The number of benzene rings is 4. The van der Waals surface area contributed by atoms with Crippen LogP contribution >= 0.6 is 23.2 Å². The van der Waals surface area contributed by atoms with Crippen LogP contribution in [0.15, 0.2) is 90.5 Å². The molecule has 0 bridgehead atoms. The number of carbonyl (C=O) groups excluding carboxylic acids is 5. The second kappa shape index (κ2) is 12.3. The zero-order valence-corrected chi connectivity index (χ0v) is 28.8. The van der Waals surface area contributed by atoms with Crippen molar-refractivity contribution in [3.63, 3.8) is 0 Å². The fourth-order valence-electron chi connectivity index (χ4n) is 8.38. The van der Waals surface area contributed by atoms with E-state index in [1.54, 1.807) is 36.4 Å². The summed E-state index contributed by atoms with van der Waals surface area (Å²) in [6, 6.07) is 19.4. The highest BCUT2D eigenvalue weighted by molar-refractivity contribution is 6.58. The molecule has 274 valence electrons. The van der Waals surface area contributed by atoms with E-state index in [2.05, 4.69) is 0 Å². The number of hydrogen-bond acceptors (Lipinski definition) is 6. The van der Waals surface area contributed by atoms with Crippen molar-refractivity contribution in [1.82, 2.24) is 0 Å². The van der Waals surface area contributed by atoms with Crippen LogP contribution in [-0.2, 0) is 19.2 Å². The molecule has 1 N–H and O–H groups in total. The summed E-state index contributed by atoms with van der Waals surface area (Å²) >= 11 is 14.2. The molecule has 3 fully saturated rings. The standard InChI is InChI=1S/C39H23Cl2F5N2O6/c40-38-16-24-22(14-15-23-25(24)35(52)47(34(23)51)20-10-6-19(7-11-20)33(50)18-4-2-1-3-5-18)26(17-8-12-21(49)13-9-17)39(38,41)37(54)48(36(38)53)32-30(45)28(43)27(42)29(44)31(32)46/h1-14,23-26,49H,15-16H2. The van der Waals surface area contributed by atoms with Gasteiger partial charge in [0.25, 0.3) is 11.8 Å². The molecule has 6 atom stereocenters. The van der Waals surface area contributed by atoms with Gasteiger partial charge in [-0.05, 0) is 60.7 Å². The minimum absolute atomic E-state index is 0.0531. The Bertz CT molecular complexity index is 2350. The molecule has 0 radical (unpaired) electrons. The van der Waals surface area contributed by atoms with E-state index in [0.29, 0.717) is 11.1 Å². The van der Waals surface area contributed by atoms with Crippen LogP contribution in [0, 0.1) is 46.8 Å². The van der Waals surface area contributed by atoms with E-state index in [0.717, 1.165) is 4.90 Å². The van der Waals surface area contributed by atoms with Crippen LogP contribution in [-0.4, -0.2) is 44.3 Å². The van der Waals surface area contributed by atoms with E-state index >= 15 is 8.78 Å². The Balaban J connectivity index is 1.22. The van der Waals surface area contributed by atoms with Gasteiger partial charge < -0.3 is 5.11 Å². The van der Waals surface area contributed by atoms with Crippen molar-refractivity contribution in [2.45, 2.75) is 28.5 Å².